The van der Waals surface area contributed by atoms with Crippen LogP contribution in [0.25, 0.3) is 0 Å². The molecule has 1 fully saturated rings. The molecular weight excluding hydrogens is 292 g/mol. The summed E-state index contributed by atoms with van der Waals surface area (Å²) in [6.45, 7) is 8.40. The van der Waals surface area contributed by atoms with E-state index in [9.17, 15) is 4.79 Å². The van der Waals surface area contributed by atoms with E-state index in [2.05, 4.69) is 33.0 Å². The first-order chi connectivity index (χ1) is 9.09. The van der Waals surface area contributed by atoms with Crippen LogP contribution in [0.3, 0.4) is 0 Å². The Hall–Kier alpha value is -1.13. The van der Waals surface area contributed by atoms with Crippen molar-refractivity contribution in [2.75, 3.05) is 5.32 Å². The minimum Gasteiger partial charge on any atom is -0.389 e. The maximum atomic E-state index is 12.5. The van der Waals surface area contributed by atoms with Gasteiger partial charge in [-0.1, -0.05) is 51.5 Å². The predicted molar refractivity (Wildman–Crippen MR) is 87.0 cm³/mol. The van der Waals surface area contributed by atoms with Crippen molar-refractivity contribution >= 4 is 40.4 Å². The van der Waals surface area contributed by atoms with E-state index >= 15 is 0 Å². The van der Waals surface area contributed by atoms with E-state index in [1.807, 2.05) is 0 Å². The molecule has 0 atom stereocenters. The van der Waals surface area contributed by atoms with E-state index in [4.69, 9.17) is 29.6 Å². The lowest BCUT2D eigenvalue weighted by Gasteiger charge is -2.11. The molecule has 3 N–H and O–H groups in total. The summed E-state index contributed by atoms with van der Waals surface area (Å²) in [6.07, 6.45) is 0. The fourth-order valence-corrected chi connectivity index (χ4v) is 3.24. The molecule has 0 aliphatic heterocycles. The second kappa shape index (κ2) is 4.71. The normalized spacial score (nSPS) is 19.4. The highest BCUT2D eigenvalue weighted by Gasteiger charge is 2.68. The molecule has 0 aromatic heterocycles. The van der Waals surface area contributed by atoms with Crippen LogP contribution >= 0.6 is 23.8 Å². The topological polar surface area (TPSA) is 55.1 Å². The van der Waals surface area contributed by atoms with Gasteiger partial charge in [-0.2, -0.15) is 0 Å². The quantitative estimate of drug-likeness (QED) is 0.839. The third-order valence-electron chi connectivity index (χ3n) is 4.79. The molecule has 0 unspecified atom stereocenters. The molecule has 20 heavy (non-hydrogen) atoms. The molecule has 0 bridgehead atoms. The first kappa shape index (κ1) is 15.3. The Morgan fingerprint density at radius 3 is 2.30 bits per heavy atom. The van der Waals surface area contributed by atoms with E-state index in [1.165, 1.54) is 0 Å². The second-order valence-corrected chi connectivity index (χ2v) is 7.30. The summed E-state index contributed by atoms with van der Waals surface area (Å²) in [5.74, 6) is -0.0482. The molecule has 1 aliphatic carbocycles. The minimum absolute atomic E-state index is 0.0141. The molecule has 0 radical (unpaired) electrons. The van der Waals surface area contributed by atoms with Gasteiger partial charge in [-0.15, -0.1) is 0 Å². The zero-order valence-electron chi connectivity index (χ0n) is 12.1. The third-order valence-corrected chi connectivity index (χ3v) is 5.24. The summed E-state index contributed by atoms with van der Waals surface area (Å²) >= 11 is 11.0. The first-order valence-electron chi connectivity index (χ1n) is 6.49. The van der Waals surface area contributed by atoms with Crippen LogP contribution in [0.2, 0.25) is 5.02 Å². The lowest BCUT2D eigenvalue weighted by atomic mass is 10.0. The number of thiocarbonyl (C=S) groups is 1. The molecule has 2 rings (SSSR count). The van der Waals surface area contributed by atoms with Crippen molar-refractivity contribution in [2.45, 2.75) is 27.7 Å². The Morgan fingerprint density at radius 2 is 1.85 bits per heavy atom. The minimum atomic E-state index is -0.0341. The molecule has 0 saturated heterocycles. The summed E-state index contributed by atoms with van der Waals surface area (Å²) in [5, 5.41) is 3.45. The molecule has 5 heteroatoms. The standard InChI is InChI=1S/C15H19ClN2OS/c1-14(2)11(15(14,3)4)13(19)18-10-7-8(16)5-6-9(10)12(17)20/h5-7,11H,1-4H3,(H2,17,20)(H,18,19). The van der Waals surface area contributed by atoms with E-state index in [0.717, 1.165) is 0 Å². The van der Waals surface area contributed by atoms with Gasteiger partial charge in [-0.05, 0) is 29.0 Å². The van der Waals surface area contributed by atoms with Crippen LogP contribution in [0.4, 0.5) is 5.69 Å². The number of rotatable bonds is 3. The molecule has 1 aliphatic rings. The number of amides is 1. The highest BCUT2D eigenvalue weighted by Crippen LogP contribution is 2.68. The average molecular weight is 311 g/mol. The van der Waals surface area contributed by atoms with Gasteiger partial charge in [0, 0.05) is 16.5 Å². The van der Waals surface area contributed by atoms with Crippen LogP contribution < -0.4 is 11.1 Å². The van der Waals surface area contributed by atoms with Crippen molar-refractivity contribution < 1.29 is 4.79 Å². The largest absolute Gasteiger partial charge is 0.389 e. The molecule has 1 saturated carbocycles. The summed E-state index contributed by atoms with van der Waals surface area (Å²) in [7, 11) is 0. The number of halogens is 1. The molecule has 1 amide bonds. The summed E-state index contributed by atoms with van der Waals surface area (Å²) in [6, 6.07) is 5.11. The smallest absolute Gasteiger partial charge is 0.228 e. The zero-order valence-corrected chi connectivity index (χ0v) is 13.7. The summed E-state index contributed by atoms with van der Waals surface area (Å²) in [5.41, 5.74) is 6.86. The Bertz CT molecular complexity index is 582. The van der Waals surface area contributed by atoms with Crippen LogP contribution in [0.5, 0.6) is 0 Å². The molecular formula is C15H19ClN2OS. The Morgan fingerprint density at radius 1 is 1.30 bits per heavy atom. The average Bonchev–Trinajstić information content (AvgIpc) is 2.68. The lowest BCUT2D eigenvalue weighted by Crippen LogP contribution is -2.21. The summed E-state index contributed by atoms with van der Waals surface area (Å²) in [4.78, 5) is 12.7. The van der Waals surface area contributed by atoms with Crippen molar-refractivity contribution in [2.24, 2.45) is 22.5 Å². The van der Waals surface area contributed by atoms with Crippen LogP contribution in [-0.2, 0) is 4.79 Å². The van der Waals surface area contributed by atoms with E-state index in [-0.39, 0.29) is 27.6 Å². The van der Waals surface area contributed by atoms with Gasteiger partial charge in [0.25, 0.3) is 0 Å². The molecule has 1 aromatic rings. The molecule has 0 spiro atoms. The number of carbonyl (C=O) groups is 1. The van der Waals surface area contributed by atoms with Crippen molar-refractivity contribution in [3.8, 4) is 0 Å². The highest BCUT2D eigenvalue weighted by atomic mass is 35.5. The highest BCUT2D eigenvalue weighted by molar-refractivity contribution is 7.80. The van der Waals surface area contributed by atoms with Crippen molar-refractivity contribution in [3.05, 3.63) is 28.8 Å². The first-order valence-corrected chi connectivity index (χ1v) is 7.28. The van der Waals surface area contributed by atoms with E-state index in [1.54, 1.807) is 18.2 Å². The Balaban J connectivity index is 2.26. The van der Waals surface area contributed by atoms with Gasteiger partial charge in [-0.25, -0.2) is 0 Å². The molecule has 1 aromatic carbocycles. The van der Waals surface area contributed by atoms with Gasteiger partial charge in [0.2, 0.25) is 5.91 Å². The number of nitrogens with one attached hydrogen (secondary N) is 1. The lowest BCUT2D eigenvalue weighted by molar-refractivity contribution is -0.118. The maximum absolute atomic E-state index is 12.5. The van der Waals surface area contributed by atoms with Gasteiger partial charge in [0.1, 0.15) is 4.99 Å². The molecule has 0 heterocycles. The van der Waals surface area contributed by atoms with Gasteiger partial charge >= 0.3 is 0 Å². The second-order valence-electron chi connectivity index (χ2n) is 6.42. The van der Waals surface area contributed by atoms with Crippen LogP contribution in [0.1, 0.15) is 33.3 Å². The van der Waals surface area contributed by atoms with E-state index in [0.29, 0.717) is 16.3 Å². The number of anilines is 1. The summed E-state index contributed by atoms with van der Waals surface area (Å²) < 4.78 is 0. The van der Waals surface area contributed by atoms with Crippen molar-refractivity contribution in [1.29, 1.82) is 0 Å². The SMILES string of the molecule is CC1(C)C(C(=O)Nc2cc(Cl)ccc2C(N)=S)C1(C)C. The third kappa shape index (κ3) is 2.31. The van der Waals surface area contributed by atoms with Gasteiger partial charge < -0.3 is 11.1 Å². The number of nitrogens with two attached hydrogens (primary N) is 1. The number of hydrogen-bond donors (Lipinski definition) is 2. The number of carbonyl (C=O) groups excluding carboxylic acids is 1. The number of benzene rings is 1. The van der Waals surface area contributed by atoms with Crippen LogP contribution in [0.15, 0.2) is 18.2 Å². The van der Waals surface area contributed by atoms with Gasteiger partial charge in [0.15, 0.2) is 0 Å². The van der Waals surface area contributed by atoms with Crippen LogP contribution in [0, 0.1) is 16.7 Å². The Kier molecular flexibility index (Phi) is 3.59. The Labute approximate surface area is 129 Å². The molecule has 3 nitrogen and oxygen atoms in total. The van der Waals surface area contributed by atoms with E-state index < -0.39 is 0 Å². The fourth-order valence-electron chi connectivity index (χ4n) is 2.89. The zero-order chi connectivity index (χ0) is 15.3. The number of hydrogen-bond acceptors (Lipinski definition) is 2. The van der Waals surface area contributed by atoms with Crippen molar-refractivity contribution in [1.82, 2.24) is 0 Å². The fraction of sp³-hybridized carbons (Fsp3) is 0.467. The molecule has 108 valence electrons. The maximum Gasteiger partial charge on any atom is 0.228 e. The van der Waals surface area contributed by atoms with Gasteiger partial charge in [-0.3, -0.25) is 4.79 Å². The van der Waals surface area contributed by atoms with Crippen molar-refractivity contribution in [3.63, 3.8) is 0 Å². The predicted octanol–water partition coefficient (Wildman–Crippen LogP) is 3.59. The van der Waals surface area contributed by atoms with Crippen LogP contribution in [-0.4, -0.2) is 10.9 Å². The monoisotopic (exact) mass is 310 g/mol. The van der Waals surface area contributed by atoms with Gasteiger partial charge in [0.05, 0.1) is 5.69 Å².